The Hall–Kier alpha value is -2.38. The highest BCUT2D eigenvalue weighted by molar-refractivity contribution is 5.97. The van der Waals surface area contributed by atoms with Gasteiger partial charge in [0.15, 0.2) is 0 Å². The highest BCUT2D eigenvalue weighted by Crippen LogP contribution is 2.54. The second kappa shape index (κ2) is 6.60. The van der Waals surface area contributed by atoms with Crippen molar-refractivity contribution < 1.29 is 14.3 Å². The average molecular weight is 382 g/mol. The van der Waals surface area contributed by atoms with E-state index in [1.807, 2.05) is 30.3 Å². The maximum atomic E-state index is 12.7. The summed E-state index contributed by atoms with van der Waals surface area (Å²) in [7, 11) is 1.67. The normalized spacial score (nSPS) is 31.2. The van der Waals surface area contributed by atoms with Gasteiger partial charge < -0.3 is 20.4 Å². The standard InChI is InChI=1S/C21H26N4O3/c1-22-19(26)11-25-10-15-14(18-6-7-21(15,12-25)28-18)9-23-20(27)17-8-13-4-2-3-5-16(13)24-17/h2-5,8,14-15,18,24H,6-7,9-12H2,1H3,(H,22,26)(H,23,27)/t14-,15+,18+,21+/m0/s1. The Kier molecular flexibility index (Phi) is 4.17. The molecular weight excluding hydrogens is 356 g/mol. The number of likely N-dealkylation sites (tertiary alicyclic amines) is 1. The number of H-pyrrole nitrogens is 1. The molecule has 3 N–H and O–H groups in total. The minimum absolute atomic E-state index is 0.0367. The monoisotopic (exact) mass is 382 g/mol. The van der Waals surface area contributed by atoms with Crippen LogP contribution in [0.1, 0.15) is 23.3 Å². The first kappa shape index (κ1) is 17.7. The fourth-order valence-corrected chi connectivity index (χ4v) is 5.46. The summed E-state index contributed by atoms with van der Waals surface area (Å²) in [5.74, 6) is 0.638. The van der Waals surface area contributed by atoms with E-state index in [9.17, 15) is 9.59 Å². The van der Waals surface area contributed by atoms with Crippen LogP contribution in [0.15, 0.2) is 30.3 Å². The maximum Gasteiger partial charge on any atom is 0.267 e. The first-order valence-corrected chi connectivity index (χ1v) is 10.0. The number of carbonyl (C=O) groups excluding carboxylic acids is 2. The summed E-state index contributed by atoms with van der Waals surface area (Å²) < 4.78 is 6.40. The van der Waals surface area contributed by atoms with Crippen LogP contribution in [0.2, 0.25) is 0 Å². The third-order valence-electron chi connectivity index (χ3n) is 6.77. The molecule has 7 nitrogen and oxygen atoms in total. The molecular formula is C21H26N4O3. The molecule has 1 spiro atoms. The average Bonchev–Trinajstić information content (AvgIpc) is 3.44. The molecule has 1 aromatic carbocycles. The summed E-state index contributed by atoms with van der Waals surface area (Å²) in [4.78, 5) is 29.8. The second-order valence-corrected chi connectivity index (χ2v) is 8.35. The Bertz CT molecular complexity index is 892. The van der Waals surface area contributed by atoms with Crippen LogP contribution in [0, 0.1) is 11.8 Å². The number of hydrogen-bond acceptors (Lipinski definition) is 4. The lowest BCUT2D eigenvalue weighted by molar-refractivity contribution is -0.121. The van der Waals surface area contributed by atoms with Gasteiger partial charge in [0.25, 0.3) is 5.91 Å². The van der Waals surface area contributed by atoms with Gasteiger partial charge in [-0.05, 0) is 25.0 Å². The number of aromatic amines is 1. The molecule has 3 fully saturated rings. The number of hydrogen-bond donors (Lipinski definition) is 3. The van der Waals surface area contributed by atoms with Crippen molar-refractivity contribution in [1.82, 2.24) is 20.5 Å². The van der Waals surface area contributed by atoms with Crippen molar-refractivity contribution in [1.29, 1.82) is 0 Å². The number of benzene rings is 1. The minimum atomic E-state index is -0.130. The molecule has 2 aromatic rings. The summed E-state index contributed by atoms with van der Waals surface area (Å²) in [6.45, 7) is 2.70. The van der Waals surface area contributed by atoms with Crippen molar-refractivity contribution in [2.24, 2.45) is 11.8 Å². The molecule has 3 aliphatic rings. The summed E-state index contributed by atoms with van der Waals surface area (Å²) >= 11 is 0. The van der Waals surface area contributed by atoms with E-state index in [1.165, 1.54) is 0 Å². The third kappa shape index (κ3) is 2.81. The van der Waals surface area contributed by atoms with Crippen LogP contribution >= 0.6 is 0 Å². The van der Waals surface area contributed by atoms with Crippen LogP contribution in [0.3, 0.4) is 0 Å². The Labute approximate surface area is 163 Å². The van der Waals surface area contributed by atoms with E-state index in [-0.39, 0.29) is 23.5 Å². The van der Waals surface area contributed by atoms with Crippen molar-refractivity contribution in [2.45, 2.75) is 24.5 Å². The van der Waals surface area contributed by atoms with Gasteiger partial charge in [-0.3, -0.25) is 14.5 Å². The molecule has 0 aliphatic carbocycles. The van der Waals surface area contributed by atoms with E-state index in [0.717, 1.165) is 36.8 Å². The number of likely N-dealkylation sites (N-methyl/N-ethyl adjacent to an activating group) is 1. The van der Waals surface area contributed by atoms with Gasteiger partial charge in [0.1, 0.15) is 5.69 Å². The Morgan fingerprint density at radius 3 is 3.04 bits per heavy atom. The number of ether oxygens (including phenoxy) is 1. The van der Waals surface area contributed by atoms with Crippen molar-refractivity contribution in [3.63, 3.8) is 0 Å². The van der Waals surface area contributed by atoms with Crippen LogP contribution in [-0.4, -0.2) is 66.6 Å². The van der Waals surface area contributed by atoms with Gasteiger partial charge in [0.05, 0.1) is 18.2 Å². The molecule has 3 aliphatic heterocycles. The van der Waals surface area contributed by atoms with Gasteiger partial charge in [-0.1, -0.05) is 18.2 Å². The molecule has 1 aromatic heterocycles. The topological polar surface area (TPSA) is 86.5 Å². The lowest BCUT2D eigenvalue weighted by atomic mass is 9.73. The van der Waals surface area contributed by atoms with Crippen LogP contribution < -0.4 is 10.6 Å². The first-order valence-electron chi connectivity index (χ1n) is 10.0. The van der Waals surface area contributed by atoms with E-state index in [2.05, 4.69) is 20.5 Å². The lowest BCUT2D eigenvalue weighted by Crippen LogP contribution is -2.42. The third-order valence-corrected chi connectivity index (χ3v) is 6.77. The molecule has 4 heterocycles. The molecule has 2 bridgehead atoms. The van der Waals surface area contributed by atoms with E-state index in [0.29, 0.717) is 30.6 Å². The summed E-state index contributed by atoms with van der Waals surface area (Å²) in [5, 5.41) is 6.85. The molecule has 28 heavy (non-hydrogen) atoms. The van der Waals surface area contributed by atoms with Gasteiger partial charge >= 0.3 is 0 Å². The van der Waals surface area contributed by atoms with Gasteiger partial charge in [-0.25, -0.2) is 0 Å². The maximum absolute atomic E-state index is 12.7. The van der Waals surface area contributed by atoms with Crippen LogP contribution in [0.25, 0.3) is 10.9 Å². The number of nitrogens with one attached hydrogen (secondary N) is 3. The van der Waals surface area contributed by atoms with Crippen molar-refractivity contribution in [3.8, 4) is 0 Å². The largest absolute Gasteiger partial charge is 0.370 e. The summed E-state index contributed by atoms with van der Waals surface area (Å²) in [5.41, 5.74) is 1.43. The lowest BCUT2D eigenvalue weighted by Gasteiger charge is -2.29. The van der Waals surface area contributed by atoms with Gasteiger partial charge in [-0.2, -0.15) is 0 Å². The summed E-state index contributed by atoms with van der Waals surface area (Å²) in [6.07, 6.45) is 2.31. The molecule has 4 atom stereocenters. The molecule has 0 saturated carbocycles. The number of nitrogens with zero attached hydrogens (tertiary/aromatic N) is 1. The van der Waals surface area contributed by atoms with Crippen molar-refractivity contribution >= 4 is 22.7 Å². The van der Waals surface area contributed by atoms with E-state index in [4.69, 9.17) is 4.74 Å². The molecule has 2 amide bonds. The molecule has 148 valence electrons. The first-order chi connectivity index (χ1) is 13.6. The highest BCUT2D eigenvalue weighted by atomic mass is 16.5. The number of rotatable bonds is 5. The SMILES string of the molecule is CNC(=O)CN1C[C@@H]2[C@H](CNC(=O)c3cc4ccccc4[nH]3)[C@H]3CC[C@]2(C1)O3. The van der Waals surface area contributed by atoms with Crippen LogP contribution in [0.4, 0.5) is 0 Å². The smallest absolute Gasteiger partial charge is 0.267 e. The number of amides is 2. The zero-order valence-corrected chi connectivity index (χ0v) is 16.0. The fourth-order valence-electron chi connectivity index (χ4n) is 5.46. The van der Waals surface area contributed by atoms with Gasteiger partial charge in [0, 0.05) is 49.4 Å². The van der Waals surface area contributed by atoms with Gasteiger partial charge in [-0.15, -0.1) is 0 Å². The molecule has 0 radical (unpaired) electrons. The minimum Gasteiger partial charge on any atom is -0.370 e. The number of fused-ring (bicyclic) bond motifs is 2. The second-order valence-electron chi connectivity index (χ2n) is 8.35. The zero-order valence-electron chi connectivity index (χ0n) is 16.0. The van der Waals surface area contributed by atoms with Crippen molar-refractivity contribution in [2.75, 3.05) is 33.2 Å². The van der Waals surface area contributed by atoms with E-state index < -0.39 is 0 Å². The van der Waals surface area contributed by atoms with Crippen LogP contribution in [-0.2, 0) is 9.53 Å². The fraction of sp³-hybridized carbons (Fsp3) is 0.524. The molecule has 5 rings (SSSR count). The van der Waals surface area contributed by atoms with E-state index in [1.54, 1.807) is 7.05 Å². The van der Waals surface area contributed by atoms with Gasteiger partial charge in [0.2, 0.25) is 5.91 Å². The molecule has 0 unspecified atom stereocenters. The van der Waals surface area contributed by atoms with Crippen LogP contribution in [0.5, 0.6) is 0 Å². The quantitative estimate of drug-likeness (QED) is 0.723. The number of para-hydroxylation sites is 1. The summed E-state index contributed by atoms with van der Waals surface area (Å²) in [6, 6.07) is 9.78. The molecule has 7 heteroatoms. The molecule has 3 saturated heterocycles. The van der Waals surface area contributed by atoms with Crippen molar-refractivity contribution in [3.05, 3.63) is 36.0 Å². The highest BCUT2D eigenvalue weighted by Gasteiger charge is 2.62. The Morgan fingerprint density at radius 2 is 2.21 bits per heavy atom. The number of aromatic nitrogens is 1. The predicted molar refractivity (Wildman–Crippen MR) is 105 cm³/mol. The zero-order chi connectivity index (χ0) is 19.3. The predicted octanol–water partition coefficient (Wildman–Crippen LogP) is 1.12. The number of carbonyl (C=O) groups is 2. The Balaban J connectivity index is 1.25. The van der Waals surface area contributed by atoms with E-state index >= 15 is 0 Å². The Morgan fingerprint density at radius 1 is 1.36 bits per heavy atom.